The van der Waals surface area contributed by atoms with Crippen molar-refractivity contribution < 1.29 is 30.6 Å². The van der Waals surface area contributed by atoms with Gasteiger partial charge in [-0.2, -0.15) is 0 Å². The van der Waals surface area contributed by atoms with E-state index < -0.39 is 16.2 Å². The first-order valence-corrected chi connectivity index (χ1v) is 22.2. The van der Waals surface area contributed by atoms with E-state index in [-0.39, 0.29) is 39.6 Å². The molecule has 0 aromatic carbocycles. The lowest BCUT2D eigenvalue weighted by Gasteiger charge is -2.62. The molecule has 6 N–H and O–H groups in total. The van der Waals surface area contributed by atoms with Gasteiger partial charge in [0.1, 0.15) is 0 Å². The zero-order valence-electron chi connectivity index (χ0n) is 33.2. The molecule has 0 bridgehead atoms. The molecule has 0 aliphatic heterocycles. The minimum absolute atomic E-state index is 0.0209. The van der Waals surface area contributed by atoms with Crippen molar-refractivity contribution in [3.05, 3.63) is 0 Å². The van der Waals surface area contributed by atoms with E-state index in [4.69, 9.17) is 0 Å². The Bertz CT molecular complexity index is 645. The summed E-state index contributed by atoms with van der Waals surface area (Å²) < 4.78 is 0. The van der Waals surface area contributed by atoms with E-state index in [1.165, 1.54) is 148 Å². The van der Waals surface area contributed by atoms with Crippen LogP contribution in [0.15, 0.2) is 0 Å². The minimum Gasteiger partial charge on any atom is -0.396 e. The summed E-state index contributed by atoms with van der Waals surface area (Å²) in [5.74, 6) is 0. The zero-order valence-corrected chi connectivity index (χ0v) is 33.2. The van der Waals surface area contributed by atoms with Gasteiger partial charge in [-0.3, -0.25) is 0 Å². The first-order chi connectivity index (χ1) is 24.6. The molecule has 1 rings (SSSR count). The molecule has 1 aliphatic rings. The molecule has 300 valence electrons. The minimum atomic E-state index is -0.626. The van der Waals surface area contributed by atoms with E-state index >= 15 is 0 Å². The standard InChI is InChI=1S/C44H88O6/c45-36-30-42(31-37-46)28-26-24-22-20-18-16-14-12-10-8-6-4-2-1-3-5-7-9-11-13-15-17-19-21-23-25-27-29-43(32-38-47,33-39-48)44(42,34-40-49)35-41-50/h45-50H,1-41H2. The van der Waals surface area contributed by atoms with Gasteiger partial charge in [-0.15, -0.1) is 0 Å². The molecule has 0 atom stereocenters. The quantitative estimate of drug-likeness (QED) is 0.120. The lowest BCUT2D eigenvalue weighted by atomic mass is 9.42. The van der Waals surface area contributed by atoms with Gasteiger partial charge in [-0.05, 0) is 67.6 Å². The normalized spacial score (nSPS) is 22.9. The third-order valence-corrected chi connectivity index (χ3v) is 13.3. The highest BCUT2D eigenvalue weighted by Crippen LogP contribution is 2.65. The van der Waals surface area contributed by atoms with Crippen molar-refractivity contribution in [1.29, 1.82) is 0 Å². The lowest BCUT2D eigenvalue weighted by molar-refractivity contribution is -0.159. The third-order valence-electron chi connectivity index (χ3n) is 13.3. The molecule has 0 spiro atoms. The molecule has 6 nitrogen and oxygen atoms in total. The summed E-state index contributed by atoms with van der Waals surface area (Å²) >= 11 is 0. The molecular formula is C44H88O6. The predicted molar refractivity (Wildman–Crippen MR) is 211 cm³/mol. The molecular weight excluding hydrogens is 624 g/mol. The fraction of sp³-hybridized carbons (Fsp3) is 1.00. The molecule has 1 saturated carbocycles. The van der Waals surface area contributed by atoms with Crippen LogP contribution in [0.2, 0.25) is 0 Å². The molecule has 0 aromatic heterocycles. The van der Waals surface area contributed by atoms with E-state index in [1.807, 2.05) is 0 Å². The molecule has 6 heteroatoms. The predicted octanol–water partition coefficient (Wildman–Crippen LogP) is 10.6. The molecule has 0 unspecified atom stereocenters. The Morgan fingerprint density at radius 3 is 0.540 bits per heavy atom. The van der Waals surface area contributed by atoms with E-state index in [0.29, 0.717) is 38.5 Å². The van der Waals surface area contributed by atoms with E-state index in [2.05, 4.69) is 0 Å². The van der Waals surface area contributed by atoms with Crippen LogP contribution in [0.3, 0.4) is 0 Å². The Balaban J connectivity index is 3.12. The van der Waals surface area contributed by atoms with Gasteiger partial charge >= 0.3 is 0 Å². The SMILES string of the molecule is OCCC1(CCO)CCCCCCCCCCCCCCCCCCCCCCCCCCCCCC(CCO)(CCO)C1(CCO)CCO. The van der Waals surface area contributed by atoms with Crippen LogP contribution in [-0.2, 0) is 0 Å². The highest BCUT2D eigenvalue weighted by atomic mass is 16.3. The number of rotatable bonds is 12. The maximum absolute atomic E-state index is 10.7. The topological polar surface area (TPSA) is 121 Å². The fourth-order valence-corrected chi connectivity index (χ4v) is 10.5. The van der Waals surface area contributed by atoms with Crippen molar-refractivity contribution in [1.82, 2.24) is 0 Å². The van der Waals surface area contributed by atoms with E-state index in [1.54, 1.807) is 0 Å². The van der Waals surface area contributed by atoms with Crippen molar-refractivity contribution in [2.24, 2.45) is 16.2 Å². The maximum atomic E-state index is 10.7. The van der Waals surface area contributed by atoms with Crippen LogP contribution in [0.25, 0.3) is 0 Å². The second-order valence-corrected chi connectivity index (χ2v) is 16.5. The molecule has 0 saturated heterocycles. The molecule has 0 radical (unpaired) electrons. The summed E-state index contributed by atoms with van der Waals surface area (Å²) in [5, 5.41) is 63.5. The Morgan fingerprint density at radius 1 is 0.220 bits per heavy atom. The van der Waals surface area contributed by atoms with Gasteiger partial charge in [0, 0.05) is 39.6 Å². The second-order valence-electron chi connectivity index (χ2n) is 16.5. The largest absolute Gasteiger partial charge is 0.396 e. The average Bonchev–Trinajstić information content (AvgIpc) is 3.10. The summed E-state index contributed by atoms with van der Waals surface area (Å²) in [5.41, 5.74) is -1.64. The van der Waals surface area contributed by atoms with Crippen LogP contribution in [0.5, 0.6) is 0 Å². The van der Waals surface area contributed by atoms with Gasteiger partial charge in [0.25, 0.3) is 0 Å². The summed E-state index contributed by atoms with van der Waals surface area (Å²) in [6.45, 7) is -0.200. The van der Waals surface area contributed by atoms with Gasteiger partial charge in [0.05, 0.1) is 0 Å². The number of aliphatic hydroxyl groups is 6. The summed E-state index contributed by atoms with van der Waals surface area (Å²) in [7, 11) is 0. The van der Waals surface area contributed by atoms with Gasteiger partial charge < -0.3 is 30.6 Å². The number of hydrogen-bond donors (Lipinski definition) is 6. The van der Waals surface area contributed by atoms with Crippen molar-refractivity contribution in [2.45, 2.75) is 225 Å². The summed E-state index contributed by atoms with van der Waals surface area (Å²) in [6.07, 6.45) is 39.6. The summed E-state index contributed by atoms with van der Waals surface area (Å²) in [4.78, 5) is 0. The molecule has 1 fully saturated rings. The van der Waals surface area contributed by atoms with Gasteiger partial charge in [-0.1, -0.05) is 173 Å². The fourth-order valence-electron chi connectivity index (χ4n) is 10.5. The van der Waals surface area contributed by atoms with Gasteiger partial charge in [0.2, 0.25) is 0 Å². The first-order valence-electron chi connectivity index (χ1n) is 22.2. The molecule has 50 heavy (non-hydrogen) atoms. The lowest BCUT2D eigenvalue weighted by Crippen LogP contribution is -2.56. The van der Waals surface area contributed by atoms with Crippen LogP contribution in [0.4, 0.5) is 0 Å². The van der Waals surface area contributed by atoms with Gasteiger partial charge in [0.15, 0.2) is 0 Å². The van der Waals surface area contributed by atoms with E-state index in [9.17, 15) is 30.6 Å². The van der Waals surface area contributed by atoms with Crippen LogP contribution >= 0.6 is 0 Å². The molecule has 0 aromatic rings. The zero-order chi connectivity index (χ0) is 36.5. The summed E-state index contributed by atoms with van der Waals surface area (Å²) in [6, 6.07) is 0. The average molecular weight is 713 g/mol. The van der Waals surface area contributed by atoms with Crippen LogP contribution < -0.4 is 0 Å². The Morgan fingerprint density at radius 2 is 0.380 bits per heavy atom. The van der Waals surface area contributed by atoms with Crippen molar-refractivity contribution in [3.8, 4) is 0 Å². The van der Waals surface area contributed by atoms with Crippen molar-refractivity contribution >= 4 is 0 Å². The van der Waals surface area contributed by atoms with Crippen molar-refractivity contribution in [3.63, 3.8) is 0 Å². The van der Waals surface area contributed by atoms with Crippen molar-refractivity contribution in [2.75, 3.05) is 39.6 Å². The van der Waals surface area contributed by atoms with Crippen LogP contribution in [-0.4, -0.2) is 70.3 Å². The molecule has 0 heterocycles. The Hall–Kier alpha value is -0.240. The third kappa shape index (κ3) is 18.2. The van der Waals surface area contributed by atoms with E-state index in [0.717, 1.165) is 38.5 Å². The number of hydrogen-bond acceptors (Lipinski definition) is 6. The highest BCUT2D eigenvalue weighted by Gasteiger charge is 2.59. The number of aliphatic hydroxyl groups excluding tert-OH is 6. The van der Waals surface area contributed by atoms with Crippen LogP contribution in [0.1, 0.15) is 225 Å². The van der Waals surface area contributed by atoms with Gasteiger partial charge in [-0.25, -0.2) is 0 Å². The Kier molecular flexibility index (Phi) is 30.8. The smallest absolute Gasteiger partial charge is 0.0436 e. The molecule has 1 aliphatic carbocycles. The highest BCUT2D eigenvalue weighted by molar-refractivity contribution is 5.08. The van der Waals surface area contributed by atoms with Crippen LogP contribution in [0, 0.1) is 16.2 Å². The first kappa shape index (κ1) is 47.8. The molecule has 0 amide bonds. The Labute approximate surface area is 310 Å². The maximum Gasteiger partial charge on any atom is 0.0436 e. The second kappa shape index (κ2) is 32.2. The monoisotopic (exact) mass is 713 g/mol.